The fraction of sp³-hybridized carbons (Fsp3) is 0.263. The Kier molecular flexibility index (Phi) is 6.53. The van der Waals surface area contributed by atoms with Gasteiger partial charge >= 0.3 is 12.4 Å². The van der Waals surface area contributed by atoms with Crippen LogP contribution in [0.1, 0.15) is 45.2 Å². The van der Waals surface area contributed by atoms with Crippen molar-refractivity contribution in [1.82, 2.24) is 4.90 Å². The van der Waals surface area contributed by atoms with Gasteiger partial charge < -0.3 is 0 Å². The maximum atomic E-state index is 13.8. The maximum Gasteiger partial charge on any atom is 0.419 e. The molecule has 0 aliphatic rings. The van der Waals surface area contributed by atoms with E-state index >= 15 is 0 Å². The van der Waals surface area contributed by atoms with Crippen LogP contribution < -0.4 is 0 Å². The van der Waals surface area contributed by atoms with Crippen LogP contribution in [-0.4, -0.2) is 23.3 Å². The van der Waals surface area contributed by atoms with Crippen LogP contribution in [0.3, 0.4) is 0 Å². The van der Waals surface area contributed by atoms with Crippen molar-refractivity contribution in [3.63, 3.8) is 0 Å². The van der Waals surface area contributed by atoms with E-state index in [9.17, 15) is 44.7 Å². The predicted molar refractivity (Wildman–Crippen MR) is 88.5 cm³/mol. The Morgan fingerprint density at radius 1 is 0.767 bits per heavy atom. The van der Waals surface area contributed by atoms with Crippen molar-refractivity contribution in [1.29, 1.82) is 0 Å². The van der Waals surface area contributed by atoms with Gasteiger partial charge in [0.15, 0.2) is 0 Å². The normalized spacial score (nSPS) is 12.0. The molecule has 2 aromatic rings. The molecule has 0 radical (unpaired) electrons. The molecule has 0 saturated heterocycles. The zero-order valence-electron chi connectivity index (χ0n) is 15.2. The van der Waals surface area contributed by atoms with Gasteiger partial charge in [-0.3, -0.25) is 14.5 Å². The van der Waals surface area contributed by atoms with Crippen molar-refractivity contribution in [2.24, 2.45) is 0 Å². The summed E-state index contributed by atoms with van der Waals surface area (Å²) in [6.45, 7) is 1.25. The minimum atomic E-state index is -5.00. The third-order valence-electron chi connectivity index (χ3n) is 3.98. The van der Waals surface area contributed by atoms with Gasteiger partial charge in [0, 0.05) is 17.7 Å². The molecule has 30 heavy (non-hydrogen) atoms. The first-order valence-corrected chi connectivity index (χ1v) is 8.37. The number of alkyl halides is 6. The molecule has 11 heteroatoms. The van der Waals surface area contributed by atoms with Gasteiger partial charge in [-0.2, -0.15) is 26.3 Å². The third-order valence-corrected chi connectivity index (χ3v) is 3.98. The number of hydrogen-bond donors (Lipinski definition) is 0. The lowest BCUT2D eigenvalue weighted by atomic mass is 10.1. The largest absolute Gasteiger partial charge is 0.419 e. The van der Waals surface area contributed by atoms with Crippen LogP contribution in [0.5, 0.6) is 0 Å². The van der Waals surface area contributed by atoms with Gasteiger partial charge in [0.1, 0.15) is 11.6 Å². The highest BCUT2D eigenvalue weighted by Gasteiger charge is 2.36. The SMILES string of the molecule is CCCN(C(=O)c1ccc(C(F)(F)F)c(F)c1)C(=O)c1ccc(C(F)(F)F)c(F)c1. The molecular formula is C19H13F8NO2. The van der Waals surface area contributed by atoms with E-state index in [1.807, 2.05) is 0 Å². The van der Waals surface area contributed by atoms with Crippen LogP contribution in [0.15, 0.2) is 36.4 Å². The molecule has 2 amide bonds. The number of hydrogen-bond acceptors (Lipinski definition) is 2. The van der Waals surface area contributed by atoms with Crippen LogP contribution in [0, 0.1) is 11.6 Å². The smallest absolute Gasteiger partial charge is 0.274 e. The molecule has 0 aromatic heterocycles. The first-order valence-electron chi connectivity index (χ1n) is 8.37. The molecule has 0 saturated carbocycles. The van der Waals surface area contributed by atoms with E-state index in [1.165, 1.54) is 6.92 Å². The number of nitrogens with zero attached hydrogens (tertiary/aromatic N) is 1. The molecule has 0 unspecified atom stereocenters. The average Bonchev–Trinajstić information content (AvgIpc) is 2.62. The second kappa shape index (κ2) is 8.41. The monoisotopic (exact) mass is 439 g/mol. The highest BCUT2D eigenvalue weighted by Crippen LogP contribution is 2.33. The molecule has 0 spiro atoms. The van der Waals surface area contributed by atoms with Crippen LogP contribution in [0.2, 0.25) is 0 Å². The van der Waals surface area contributed by atoms with Crippen molar-refractivity contribution < 1.29 is 44.7 Å². The Hall–Kier alpha value is -2.98. The quantitative estimate of drug-likeness (QED) is 0.453. The number of halogens is 8. The standard InChI is InChI=1S/C19H13F8NO2/c1-2-7-28(16(29)10-3-5-12(14(20)8-10)18(22,23)24)17(30)11-4-6-13(15(21)9-11)19(25,26)27/h3-6,8-9H,2,7H2,1H3. The Balaban J connectivity index is 2.40. The number of carbonyl (C=O) groups is 2. The summed E-state index contributed by atoms with van der Waals surface area (Å²) < 4.78 is 103. The average molecular weight is 439 g/mol. The highest BCUT2D eigenvalue weighted by molar-refractivity contribution is 6.10. The molecular weight excluding hydrogens is 426 g/mol. The van der Waals surface area contributed by atoms with Gasteiger partial charge in [-0.05, 0) is 42.8 Å². The van der Waals surface area contributed by atoms with Gasteiger partial charge in [-0.25, -0.2) is 8.78 Å². The van der Waals surface area contributed by atoms with Gasteiger partial charge in [-0.15, -0.1) is 0 Å². The molecule has 2 rings (SSSR count). The number of rotatable bonds is 4. The van der Waals surface area contributed by atoms with E-state index in [0.717, 1.165) is 0 Å². The van der Waals surface area contributed by atoms with Crippen molar-refractivity contribution in [3.05, 3.63) is 70.3 Å². The van der Waals surface area contributed by atoms with Crippen LogP contribution in [-0.2, 0) is 12.4 Å². The van der Waals surface area contributed by atoms with Gasteiger partial charge in [-0.1, -0.05) is 6.92 Å². The zero-order valence-corrected chi connectivity index (χ0v) is 15.2. The van der Waals surface area contributed by atoms with Gasteiger partial charge in [0.25, 0.3) is 11.8 Å². The van der Waals surface area contributed by atoms with Gasteiger partial charge in [0.05, 0.1) is 11.1 Å². The summed E-state index contributed by atoms with van der Waals surface area (Å²) in [4.78, 5) is 25.6. The summed E-state index contributed by atoms with van der Waals surface area (Å²) in [7, 11) is 0. The van der Waals surface area contributed by atoms with Crippen LogP contribution in [0.25, 0.3) is 0 Å². The maximum absolute atomic E-state index is 13.8. The molecule has 0 N–H and O–H groups in total. The minimum absolute atomic E-state index is 0.170. The number of carbonyl (C=O) groups excluding carboxylic acids is 2. The summed E-state index contributed by atoms with van der Waals surface area (Å²) in [6, 6.07) is 2.59. The second-order valence-corrected chi connectivity index (χ2v) is 6.15. The molecule has 0 fully saturated rings. The number of benzene rings is 2. The number of imide groups is 1. The first kappa shape index (κ1) is 23.3. The van der Waals surface area contributed by atoms with Crippen molar-refractivity contribution >= 4 is 11.8 Å². The predicted octanol–water partition coefficient (Wildman–Crippen LogP) is 5.70. The summed E-state index contributed by atoms with van der Waals surface area (Å²) in [5, 5.41) is 0. The molecule has 3 nitrogen and oxygen atoms in total. The lowest BCUT2D eigenvalue weighted by Crippen LogP contribution is -2.37. The highest BCUT2D eigenvalue weighted by atomic mass is 19.4. The fourth-order valence-electron chi connectivity index (χ4n) is 2.59. The molecule has 0 aliphatic heterocycles. The van der Waals surface area contributed by atoms with E-state index in [1.54, 1.807) is 0 Å². The van der Waals surface area contributed by atoms with Crippen molar-refractivity contribution in [2.45, 2.75) is 25.7 Å². The van der Waals surface area contributed by atoms with Crippen LogP contribution in [0.4, 0.5) is 35.1 Å². The second-order valence-electron chi connectivity index (χ2n) is 6.15. The van der Waals surface area contributed by atoms with E-state index in [-0.39, 0.29) is 13.0 Å². The van der Waals surface area contributed by atoms with Crippen LogP contribution >= 0.6 is 0 Å². The molecule has 2 aromatic carbocycles. The van der Waals surface area contributed by atoms with E-state index in [2.05, 4.69) is 0 Å². The van der Waals surface area contributed by atoms with E-state index in [0.29, 0.717) is 41.3 Å². The topological polar surface area (TPSA) is 37.4 Å². The van der Waals surface area contributed by atoms with Crippen molar-refractivity contribution in [3.8, 4) is 0 Å². The Bertz CT molecular complexity index is 890. The summed E-state index contributed by atoms with van der Waals surface area (Å²) >= 11 is 0. The summed E-state index contributed by atoms with van der Waals surface area (Å²) in [5.41, 5.74) is -4.40. The lowest BCUT2D eigenvalue weighted by molar-refractivity contribution is -0.140. The minimum Gasteiger partial charge on any atom is -0.274 e. The third kappa shape index (κ3) is 4.95. The number of amides is 2. The first-order chi connectivity index (χ1) is 13.8. The van der Waals surface area contributed by atoms with E-state index in [4.69, 9.17) is 0 Å². The fourth-order valence-corrected chi connectivity index (χ4v) is 2.59. The lowest BCUT2D eigenvalue weighted by Gasteiger charge is -2.21. The Morgan fingerprint density at radius 3 is 1.40 bits per heavy atom. The Labute approximate surface area is 164 Å². The Morgan fingerprint density at radius 2 is 1.13 bits per heavy atom. The van der Waals surface area contributed by atoms with Gasteiger partial charge in [0.2, 0.25) is 0 Å². The zero-order chi connectivity index (χ0) is 22.9. The molecule has 162 valence electrons. The summed E-state index contributed by atoms with van der Waals surface area (Å²) in [5.74, 6) is -5.85. The molecule has 0 bridgehead atoms. The van der Waals surface area contributed by atoms with E-state index < -0.39 is 58.1 Å². The summed E-state index contributed by atoms with van der Waals surface area (Å²) in [6.07, 6.45) is -9.83. The van der Waals surface area contributed by atoms with Crippen molar-refractivity contribution in [2.75, 3.05) is 6.54 Å². The molecule has 0 aliphatic carbocycles. The molecule has 0 atom stereocenters. The molecule has 0 heterocycles.